The number of nitrogens with zero attached hydrogens (tertiary/aromatic N) is 1. The first-order chi connectivity index (χ1) is 7.38. The zero-order chi connectivity index (χ0) is 12.2. The summed E-state index contributed by atoms with van der Waals surface area (Å²) in [6, 6.07) is 0.928. The first-order valence-electron chi connectivity index (χ1n) is 5.63. The second-order valence-corrected chi connectivity index (χ2v) is 5.27. The second kappa shape index (κ2) is 5.93. The molecule has 0 amide bonds. The van der Waals surface area contributed by atoms with Crippen LogP contribution in [-0.2, 0) is 0 Å². The van der Waals surface area contributed by atoms with Gasteiger partial charge in [0.05, 0.1) is 0 Å². The number of hydrogen-bond acceptors (Lipinski definition) is 4. The molecule has 1 atom stereocenters. The molecule has 0 aromatic carbocycles. The van der Waals surface area contributed by atoms with E-state index in [2.05, 4.69) is 11.5 Å². The molecule has 0 aromatic rings. The minimum absolute atomic E-state index is 0.928. The van der Waals surface area contributed by atoms with E-state index >= 15 is 0 Å². The number of piperidine rings is 1. The average Bonchev–Trinajstić information content (AvgIpc) is 2.16. The van der Waals surface area contributed by atoms with Crippen LogP contribution in [0.25, 0.3) is 0 Å². The Morgan fingerprint density at radius 1 is 1.19 bits per heavy atom. The molecule has 96 valence electrons. The molecule has 0 radical (unpaired) electrons. The van der Waals surface area contributed by atoms with Gasteiger partial charge in [-0.3, -0.25) is 0 Å². The molecular weight excluding hydrogens is 234 g/mol. The molecule has 0 aromatic heterocycles. The molecule has 1 unspecified atom stereocenters. The van der Waals surface area contributed by atoms with Gasteiger partial charge >= 0.3 is 28.9 Å². The first-order valence-corrected chi connectivity index (χ1v) is 6.95. The van der Waals surface area contributed by atoms with E-state index in [1.54, 1.807) is 5.71 Å². The van der Waals surface area contributed by atoms with Gasteiger partial charge in [-0.25, -0.2) is 4.58 Å². The van der Waals surface area contributed by atoms with E-state index in [1.165, 1.54) is 45.1 Å². The predicted octanol–water partition coefficient (Wildman–Crippen LogP) is -0.664. The molecule has 0 bridgehead atoms. The quantitative estimate of drug-likeness (QED) is 0.501. The Morgan fingerprint density at radius 3 is 2.31 bits per heavy atom. The second-order valence-electron chi connectivity index (χ2n) is 4.40. The maximum atomic E-state index is 8.83. The van der Waals surface area contributed by atoms with Crippen molar-refractivity contribution in [3.8, 4) is 0 Å². The van der Waals surface area contributed by atoms with Gasteiger partial charge in [0, 0.05) is 32.6 Å². The molecule has 2 aliphatic heterocycles. The summed E-state index contributed by atoms with van der Waals surface area (Å²) in [7, 11) is -4.19. The van der Waals surface area contributed by atoms with Gasteiger partial charge in [0.2, 0.25) is 0 Å². The molecule has 16 heavy (non-hydrogen) atoms. The molecule has 2 aliphatic rings. The Hall–Kier alpha value is -0.200. The molecule has 0 saturated carbocycles. The standard InChI is InChI=1S/C10H18N.ClH3O4/c1-9-5-4-7-10-6-2-3-8-11(9)10;2-1(3,4)5/h10H,2-8H2,1H3;2-4H/q+1;. The number of hydrogen-bond donors (Lipinski definition) is 3. The summed E-state index contributed by atoms with van der Waals surface area (Å²) in [5.74, 6) is 0. The van der Waals surface area contributed by atoms with Crippen LogP contribution in [0.15, 0.2) is 0 Å². The molecule has 3 N–H and O–H groups in total. The van der Waals surface area contributed by atoms with Crippen LogP contribution in [0.4, 0.5) is 0 Å². The SMILES string of the molecule is CC1=[N+]2CCCCC2CCC1.[O-][Cl+](O)(O)O. The fourth-order valence-corrected chi connectivity index (χ4v) is 2.54. The Bertz CT molecular complexity index is 256. The number of rotatable bonds is 0. The summed E-state index contributed by atoms with van der Waals surface area (Å²) in [4.78, 5) is 0. The summed E-state index contributed by atoms with van der Waals surface area (Å²) < 4.78 is 32.9. The van der Waals surface area contributed by atoms with E-state index in [-0.39, 0.29) is 0 Å². The molecule has 6 heteroatoms. The molecule has 1 fully saturated rings. The van der Waals surface area contributed by atoms with Crippen LogP contribution in [0.3, 0.4) is 0 Å². The van der Waals surface area contributed by atoms with Crippen molar-refractivity contribution in [1.29, 1.82) is 0 Å². The monoisotopic (exact) mass is 254 g/mol. The van der Waals surface area contributed by atoms with Crippen molar-refractivity contribution < 1.29 is 33.5 Å². The van der Waals surface area contributed by atoms with Gasteiger partial charge in [0.1, 0.15) is 12.3 Å². The molecular formula is C10H21ClNO4+. The van der Waals surface area contributed by atoms with Gasteiger partial charge in [-0.05, 0) is 12.8 Å². The van der Waals surface area contributed by atoms with Crippen LogP contribution in [-0.4, -0.2) is 36.9 Å². The summed E-state index contributed by atoms with van der Waals surface area (Å²) >= 11 is 0. The van der Waals surface area contributed by atoms with E-state index in [1.807, 2.05) is 0 Å². The van der Waals surface area contributed by atoms with Crippen LogP contribution in [0.1, 0.15) is 45.4 Å². The topological polar surface area (TPSA) is 86.8 Å². The minimum atomic E-state index is -4.19. The molecule has 5 nitrogen and oxygen atoms in total. The molecule has 0 aliphatic carbocycles. The van der Waals surface area contributed by atoms with E-state index in [0.717, 1.165) is 6.04 Å². The van der Waals surface area contributed by atoms with Crippen LogP contribution in [0.5, 0.6) is 0 Å². The van der Waals surface area contributed by atoms with Gasteiger partial charge in [-0.15, -0.1) is 0 Å². The van der Waals surface area contributed by atoms with Crippen molar-refractivity contribution in [3.05, 3.63) is 0 Å². The third-order valence-electron chi connectivity index (χ3n) is 3.19. The Balaban J connectivity index is 0.000000221. The fourth-order valence-electron chi connectivity index (χ4n) is 2.54. The van der Waals surface area contributed by atoms with Gasteiger partial charge in [-0.1, -0.05) is 0 Å². The Morgan fingerprint density at radius 2 is 1.75 bits per heavy atom. The summed E-state index contributed by atoms with van der Waals surface area (Å²) in [6.07, 6.45) is 8.60. The van der Waals surface area contributed by atoms with E-state index in [9.17, 15) is 0 Å². The first kappa shape index (κ1) is 13.9. The van der Waals surface area contributed by atoms with Gasteiger partial charge in [0.15, 0.2) is 6.04 Å². The van der Waals surface area contributed by atoms with Crippen molar-refractivity contribution in [2.45, 2.75) is 51.5 Å². The third kappa shape index (κ3) is 5.23. The van der Waals surface area contributed by atoms with Crippen molar-refractivity contribution in [3.63, 3.8) is 0 Å². The van der Waals surface area contributed by atoms with Gasteiger partial charge in [0.25, 0.3) is 0 Å². The summed E-state index contributed by atoms with van der Waals surface area (Å²) in [5.41, 5.74) is 1.65. The number of halogens is 1. The van der Waals surface area contributed by atoms with Crippen molar-refractivity contribution in [1.82, 2.24) is 0 Å². The van der Waals surface area contributed by atoms with E-state index in [0.29, 0.717) is 0 Å². The normalized spacial score (nSPS) is 26.7. The summed E-state index contributed by atoms with van der Waals surface area (Å²) in [6.45, 7) is 3.66. The third-order valence-corrected chi connectivity index (χ3v) is 3.19. The van der Waals surface area contributed by atoms with Crippen molar-refractivity contribution in [2.24, 2.45) is 0 Å². The van der Waals surface area contributed by atoms with Crippen molar-refractivity contribution in [2.75, 3.05) is 6.54 Å². The molecule has 0 spiro atoms. The predicted molar refractivity (Wildman–Crippen MR) is 54.0 cm³/mol. The Kier molecular flexibility index (Phi) is 5.14. The van der Waals surface area contributed by atoms with Gasteiger partial charge in [-0.2, -0.15) is 0 Å². The Labute approximate surface area is 97.8 Å². The van der Waals surface area contributed by atoms with Gasteiger partial charge < -0.3 is 0 Å². The molecule has 2 heterocycles. The zero-order valence-electron chi connectivity index (χ0n) is 9.60. The number of fused-ring (bicyclic) bond motifs is 1. The van der Waals surface area contributed by atoms with Crippen LogP contribution >= 0.6 is 0 Å². The summed E-state index contributed by atoms with van der Waals surface area (Å²) in [5, 5.41) is 0. The van der Waals surface area contributed by atoms with Crippen molar-refractivity contribution >= 4 is 5.71 Å². The maximum absolute atomic E-state index is 8.83. The van der Waals surface area contributed by atoms with E-state index in [4.69, 9.17) is 18.6 Å². The van der Waals surface area contributed by atoms with Crippen LogP contribution in [0, 0.1) is 10.2 Å². The zero-order valence-corrected chi connectivity index (χ0v) is 10.4. The van der Waals surface area contributed by atoms with E-state index < -0.39 is 10.2 Å². The fraction of sp³-hybridized carbons (Fsp3) is 0.900. The average molecular weight is 255 g/mol. The molecule has 2 rings (SSSR count). The van der Waals surface area contributed by atoms with Crippen LogP contribution < -0.4 is 4.66 Å². The molecule has 1 saturated heterocycles. The van der Waals surface area contributed by atoms with Crippen LogP contribution in [0.2, 0.25) is 0 Å².